The monoisotopic (exact) mass is 330 g/mol. The normalized spacial score (nSPS) is 20.3. The first-order chi connectivity index (χ1) is 8.65. The standard InChI is InChI=1S/C13H16BrClN2O/c1-2-16-10-6-4-8-17(13(10)18)11-7-3-5-9(15)12(11)14/h3,5,7,10,16H,2,4,6,8H2,1H3. The van der Waals surface area contributed by atoms with E-state index < -0.39 is 0 Å². The molecule has 1 aliphatic heterocycles. The molecule has 0 radical (unpaired) electrons. The Morgan fingerprint density at radius 3 is 3.06 bits per heavy atom. The average molecular weight is 332 g/mol. The second kappa shape index (κ2) is 6.04. The molecule has 2 rings (SSSR count). The predicted octanol–water partition coefficient (Wildman–Crippen LogP) is 3.21. The molecule has 98 valence electrons. The number of rotatable bonds is 3. The molecule has 0 saturated carbocycles. The molecule has 3 nitrogen and oxygen atoms in total. The lowest BCUT2D eigenvalue weighted by Gasteiger charge is -2.33. The van der Waals surface area contributed by atoms with Crippen molar-refractivity contribution in [3.63, 3.8) is 0 Å². The van der Waals surface area contributed by atoms with Crippen LogP contribution in [0.3, 0.4) is 0 Å². The summed E-state index contributed by atoms with van der Waals surface area (Å²) in [6.07, 6.45) is 1.91. The minimum absolute atomic E-state index is 0.0744. The molecule has 1 heterocycles. The number of hydrogen-bond donors (Lipinski definition) is 1. The number of hydrogen-bond acceptors (Lipinski definition) is 2. The van der Waals surface area contributed by atoms with E-state index in [1.165, 1.54) is 0 Å². The summed E-state index contributed by atoms with van der Waals surface area (Å²) in [4.78, 5) is 14.2. The molecule has 1 aliphatic rings. The van der Waals surface area contributed by atoms with E-state index in [0.717, 1.165) is 36.1 Å². The van der Waals surface area contributed by atoms with Crippen molar-refractivity contribution in [2.24, 2.45) is 0 Å². The number of carbonyl (C=O) groups is 1. The molecule has 1 amide bonds. The largest absolute Gasteiger partial charge is 0.310 e. The highest BCUT2D eigenvalue weighted by molar-refractivity contribution is 9.10. The lowest BCUT2D eigenvalue weighted by atomic mass is 10.0. The van der Waals surface area contributed by atoms with Gasteiger partial charge in [0.2, 0.25) is 5.91 Å². The van der Waals surface area contributed by atoms with E-state index in [9.17, 15) is 4.79 Å². The van der Waals surface area contributed by atoms with Crippen molar-refractivity contribution < 1.29 is 4.79 Å². The van der Waals surface area contributed by atoms with Crippen LogP contribution in [0, 0.1) is 0 Å². The minimum atomic E-state index is -0.0744. The van der Waals surface area contributed by atoms with E-state index in [4.69, 9.17) is 11.6 Å². The van der Waals surface area contributed by atoms with Gasteiger partial charge in [0.25, 0.3) is 0 Å². The highest BCUT2D eigenvalue weighted by atomic mass is 79.9. The lowest BCUT2D eigenvalue weighted by molar-refractivity contribution is -0.121. The summed E-state index contributed by atoms with van der Waals surface area (Å²) in [5.74, 6) is 0.131. The number of carbonyl (C=O) groups excluding carboxylic acids is 1. The first kappa shape index (κ1) is 13.8. The van der Waals surface area contributed by atoms with Gasteiger partial charge in [-0.25, -0.2) is 0 Å². The molecule has 0 aliphatic carbocycles. The molecule has 1 saturated heterocycles. The predicted molar refractivity (Wildman–Crippen MR) is 78.2 cm³/mol. The SMILES string of the molecule is CCNC1CCCN(c2cccc(Cl)c2Br)C1=O. The molecule has 1 unspecified atom stereocenters. The molecule has 1 atom stereocenters. The summed E-state index contributed by atoms with van der Waals surface area (Å²) in [5.41, 5.74) is 0.857. The molecule has 0 spiro atoms. The van der Waals surface area contributed by atoms with Crippen LogP contribution in [0.2, 0.25) is 5.02 Å². The van der Waals surface area contributed by atoms with E-state index in [1.54, 1.807) is 0 Å². The van der Waals surface area contributed by atoms with Gasteiger partial charge in [-0.15, -0.1) is 0 Å². The Labute approximate surface area is 121 Å². The van der Waals surface area contributed by atoms with Gasteiger partial charge in [-0.05, 0) is 47.4 Å². The van der Waals surface area contributed by atoms with Crippen molar-refractivity contribution in [1.29, 1.82) is 0 Å². The molecule has 1 N–H and O–H groups in total. The van der Waals surface area contributed by atoms with E-state index in [2.05, 4.69) is 21.2 Å². The third-order valence-electron chi connectivity index (χ3n) is 3.11. The zero-order valence-electron chi connectivity index (χ0n) is 10.2. The van der Waals surface area contributed by atoms with Crippen LogP contribution in [-0.2, 0) is 4.79 Å². The van der Waals surface area contributed by atoms with Crippen molar-refractivity contribution in [3.05, 3.63) is 27.7 Å². The number of anilines is 1. The topological polar surface area (TPSA) is 32.3 Å². The first-order valence-electron chi connectivity index (χ1n) is 6.14. The van der Waals surface area contributed by atoms with E-state index in [-0.39, 0.29) is 11.9 Å². The van der Waals surface area contributed by atoms with Crippen LogP contribution in [0.1, 0.15) is 19.8 Å². The lowest BCUT2D eigenvalue weighted by Crippen LogP contribution is -2.50. The van der Waals surface area contributed by atoms with E-state index in [1.807, 2.05) is 30.0 Å². The van der Waals surface area contributed by atoms with Gasteiger partial charge in [-0.3, -0.25) is 4.79 Å². The van der Waals surface area contributed by atoms with Crippen molar-refractivity contribution in [2.75, 3.05) is 18.0 Å². The molecule has 0 bridgehead atoms. The summed E-state index contributed by atoms with van der Waals surface area (Å²) in [6.45, 7) is 3.57. The second-order valence-corrected chi connectivity index (χ2v) is 5.52. The van der Waals surface area contributed by atoms with Gasteiger partial charge in [-0.2, -0.15) is 0 Å². The van der Waals surface area contributed by atoms with Gasteiger partial charge in [0, 0.05) is 6.54 Å². The third kappa shape index (κ3) is 2.71. The van der Waals surface area contributed by atoms with Gasteiger partial charge in [-0.1, -0.05) is 24.6 Å². The summed E-state index contributed by atoms with van der Waals surface area (Å²) in [6, 6.07) is 5.52. The molecule has 18 heavy (non-hydrogen) atoms. The first-order valence-corrected chi connectivity index (χ1v) is 7.31. The fourth-order valence-corrected chi connectivity index (χ4v) is 2.90. The van der Waals surface area contributed by atoms with E-state index >= 15 is 0 Å². The van der Waals surface area contributed by atoms with Crippen molar-refractivity contribution in [1.82, 2.24) is 5.32 Å². The second-order valence-electron chi connectivity index (χ2n) is 4.32. The van der Waals surface area contributed by atoms with Crippen LogP contribution >= 0.6 is 27.5 Å². The number of halogens is 2. The van der Waals surface area contributed by atoms with Crippen molar-refractivity contribution in [3.8, 4) is 0 Å². The smallest absolute Gasteiger partial charge is 0.244 e. The fourth-order valence-electron chi connectivity index (χ4n) is 2.25. The molecule has 5 heteroatoms. The number of benzene rings is 1. The molecule has 1 aromatic rings. The number of piperidine rings is 1. The maximum Gasteiger partial charge on any atom is 0.244 e. The third-order valence-corrected chi connectivity index (χ3v) is 4.49. The molecule has 1 aromatic carbocycles. The number of amides is 1. The van der Waals surface area contributed by atoms with Crippen LogP contribution in [-0.4, -0.2) is 25.0 Å². The summed E-state index contributed by atoms with van der Waals surface area (Å²) in [5, 5.41) is 3.86. The van der Waals surface area contributed by atoms with Crippen LogP contribution in [0.5, 0.6) is 0 Å². The van der Waals surface area contributed by atoms with Gasteiger partial charge in [0.1, 0.15) is 0 Å². The summed E-state index contributed by atoms with van der Waals surface area (Å²) in [7, 11) is 0. The zero-order valence-corrected chi connectivity index (χ0v) is 12.6. The Morgan fingerprint density at radius 2 is 2.33 bits per heavy atom. The molecule has 1 fully saturated rings. The number of likely N-dealkylation sites (N-methyl/N-ethyl adjacent to an activating group) is 1. The molecular weight excluding hydrogens is 316 g/mol. The fraction of sp³-hybridized carbons (Fsp3) is 0.462. The Kier molecular flexibility index (Phi) is 4.65. The Hall–Kier alpha value is -0.580. The van der Waals surface area contributed by atoms with Crippen LogP contribution in [0.4, 0.5) is 5.69 Å². The van der Waals surface area contributed by atoms with Gasteiger partial charge in [0.15, 0.2) is 0 Å². The van der Waals surface area contributed by atoms with Crippen molar-refractivity contribution in [2.45, 2.75) is 25.8 Å². The molecular formula is C13H16BrClN2O. The minimum Gasteiger partial charge on any atom is -0.310 e. The summed E-state index contributed by atoms with van der Waals surface area (Å²) >= 11 is 9.53. The highest BCUT2D eigenvalue weighted by Crippen LogP contribution is 2.34. The maximum absolute atomic E-state index is 12.4. The van der Waals surface area contributed by atoms with Crippen LogP contribution in [0.25, 0.3) is 0 Å². The molecule has 0 aromatic heterocycles. The number of nitrogens with zero attached hydrogens (tertiary/aromatic N) is 1. The van der Waals surface area contributed by atoms with Crippen molar-refractivity contribution >= 4 is 39.1 Å². The number of nitrogens with one attached hydrogen (secondary N) is 1. The maximum atomic E-state index is 12.4. The van der Waals surface area contributed by atoms with Gasteiger partial charge < -0.3 is 10.2 Å². The van der Waals surface area contributed by atoms with Crippen LogP contribution in [0.15, 0.2) is 22.7 Å². The van der Waals surface area contributed by atoms with Crippen LogP contribution < -0.4 is 10.2 Å². The average Bonchev–Trinajstić information content (AvgIpc) is 2.36. The Morgan fingerprint density at radius 1 is 1.56 bits per heavy atom. The quantitative estimate of drug-likeness (QED) is 0.922. The van der Waals surface area contributed by atoms with Gasteiger partial charge in [0.05, 0.1) is 21.2 Å². The summed E-state index contributed by atoms with van der Waals surface area (Å²) < 4.78 is 0.789. The Balaban J connectivity index is 2.27. The van der Waals surface area contributed by atoms with Gasteiger partial charge >= 0.3 is 0 Å². The highest BCUT2D eigenvalue weighted by Gasteiger charge is 2.30. The zero-order chi connectivity index (χ0) is 13.1. The van der Waals surface area contributed by atoms with E-state index in [0.29, 0.717) is 5.02 Å². The Bertz CT molecular complexity index is 451.